The van der Waals surface area contributed by atoms with Crippen LogP contribution in [-0.2, 0) is 0 Å². The Morgan fingerprint density at radius 1 is 1.10 bits per heavy atom. The fraction of sp³-hybridized carbons (Fsp3) is 0.235. The first-order valence-electron chi connectivity index (χ1n) is 6.78. The zero-order valence-corrected chi connectivity index (χ0v) is 13.0. The first kappa shape index (κ1) is 14.5. The van der Waals surface area contributed by atoms with Crippen LogP contribution in [0.3, 0.4) is 0 Å². The van der Waals surface area contributed by atoms with Gasteiger partial charge in [-0.3, -0.25) is 0 Å². The van der Waals surface area contributed by atoms with Gasteiger partial charge in [-0.2, -0.15) is 0 Å². The van der Waals surface area contributed by atoms with Crippen LogP contribution in [0.15, 0.2) is 42.5 Å². The van der Waals surface area contributed by atoms with Crippen molar-refractivity contribution in [3.8, 4) is 0 Å². The fourth-order valence-electron chi connectivity index (χ4n) is 2.45. The summed E-state index contributed by atoms with van der Waals surface area (Å²) in [5.74, 6) is 0. The van der Waals surface area contributed by atoms with Crippen LogP contribution < -0.4 is 10.6 Å². The van der Waals surface area contributed by atoms with E-state index in [0.717, 1.165) is 17.7 Å². The summed E-state index contributed by atoms with van der Waals surface area (Å²) in [5, 5.41) is 0. The smallest absolute Gasteiger partial charge is 0.104 e. The van der Waals surface area contributed by atoms with Gasteiger partial charge < -0.3 is 10.6 Å². The Balaban J connectivity index is 2.46. The molecule has 0 aromatic heterocycles. The van der Waals surface area contributed by atoms with Crippen molar-refractivity contribution < 1.29 is 0 Å². The van der Waals surface area contributed by atoms with Gasteiger partial charge in [-0.1, -0.05) is 30.4 Å². The molecule has 0 saturated carbocycles. The Kier molecular flexibility index (Phi) is 4.40. The first-order chi connectivity index (χ1) is 9.54. The van der Waals surface area contributed by atoms with Gasteiger partial charge >= 0.3 is 0 Å². The molecule has 2 rings (SSSR count). The number of rotatable bonds is 4. The number of aryl methyl sites for hydroxylation is 2. The van der Waals surface area contributed by atoms with Gasteiger partial charge in [-0.25, -0.2) is 0 Å². The quantitative estimate of drug-likeness (QED) is 0.857. The molecule has 0 spiro atoms. The predicted octanol–water partition coefficient (Wildman–Crippen LogP) is 4.10. The maximum Gasteiger partial charge on any atom is 0.104 e. The lowest BCUT2D eigenvalue weighted by Crippen LogP contribution is -2.18. The van der Waals surface area contributed by atoms with Crippen molar-refractivity contribution in [2.24, 2.45) is 5.73 Å². The molecule has 0 amide bonds. The summed E-state index contributed by atoms with van der Waals surface area (Å²) < 4.78 is 0. The van der Waals surface area contributed by atoms with Crippen molar-refractivity contribution in [1.82, 2.24) is 0 Å². The van der Waals surface area contributed by atoms with Gasteiger partial charge in [0.05, 0.1) is 0 Å². The molecule has 20 heavy (non-hydrogen) atoms. The summed E-state index contributed by atoms with van der Waals surface area (Å²) in [4.78, 5) is 2.75. The SMILES string of the molecule is CCN(c1ccc(C(N)=S)c(C)c1)c1ccccc1C. The monoisotopic (exact) mass is 284 g/mol. The van der Waals surface area contributed by atoms with Gasteiger partial charge in [0.25, 0.3) is 0 Å². The summed E-state index contributed by atoms with van der Waals surface area (Å²) in [6.07, 6.45) is 0. The normalized spacial score (nSPS) is 10.3. The Morgan fingerprint density at radius 2 is 1.80 bits per heavy atom. The number of nitrogens with zero attached hydrogens (tertiary/aromatic N) is 1. The number of hydrogen-bond acceptors (Lipinski definition) is 2. The number of para-hydroxylation sites is 1. The van der Waals surface area contributed by atoms with E-state index in [0.29, 0.717) is 4.99 Å². The lowest BCUT2D eigenvalue weighted by molar-refractivity contribution is 1.01. The standard InChI is InChI=1S/C17H20N2S/c1-4-19(16-8-6-5-7-12(16)2)14-9-10-15(17(18)20)13(3)11-14/h5-11H,4H2,1-3H3,(H2,18,20). The molecule has 0 aliphatic heterocycles. The molecule has 0 unspecified atom stereocenters. The molecule has 0 bridgehead atoms. The summed E-state index contributed by atoms with van der Waals surface area (Å²) in [7, 11) is 0. The lowest BCUT2D eigenvalue weighted by Gasteiger charge is -2.26. The number of thiocarbonyl (C=S) groups is 1. The molecule has 3 heteroatoms. The third kappa shape index (κ3) is 2.83. The Bertz CT molecular complexity index is 635. The molecule has 2 aromatic rings. The third-order valence-electron chi connectivity index (χ3n) is 3.51. The molecule has 0 saturated heterocycles. The number of benzene rings is 2. The average molecular weight is 284 g/mol. The zero-order chi connectivity index (χ0) is 14.7. The van der Waals surface area contributed by atoms with Crippen LogP contribution in [0, 0.1) is 13.8 Å². The highest BCUT2D eigenvalue weighted by atomic mass is 32.1. The summed E-state index contributed by atoms with van der Waals surface area (Å²) in [6.45, 7) is 7.25. The first-order valence-corrected chi connectivity index (χ1v) is 7.19. The topological polar surface area (TPSA) is 29.3 Å². The van der Waals surface area contributed by atoms with Crippen LogP contribution in [0.5, 0.6) is 0 Å². The van der Waals surface area contributed by atoms with Crippen LogP contribution in [0.1, 0.15) is 23.6 Å². The second-order valence-corrected chi connectivity index (χ2v) is 5.33. The Labute approximate surface area is 126 Å². The molecule has 0 heterocycles. The molecule has 0 fully saturated rings. The van der Waals surface area contributed by atoms with Crippen molar-refractivity contribution in [2.45, 2.75) is 20.8 Å². The Hall–Kier alpha value is -1.87. The van der Waals surface area contributed by atoms with Gasteiger partial charge in [-0.05, 0) is 56.2 Å². The molecule has 2 N–H and O–H groups in total. The molecule has 0 aliphatic rings. The van der Waals surface area contributed by atoms with Crippen LogP contribution in [-0.4, -0.2) is 11.5 Å². The van der Waals surface area contributed by atoms with E-state index >= 15 is 0 Å². The molecule has 0 atom stereocenters. The summed E-state index contributed by atoms with van der Waals surface area (Å²) >= 11 is 5.07. The molecule has 0 radical (unpaired) electrons. The highest BCUT2D eigenvalue weighted by Gasteiger charge is 2.11. The minimum Gasteiger partial charge on any atom is -0.389 e. The minimum atomic E-state index is 0.452. The molecular weight excluding hydrogens is 264 g/mol. The average Bonchev–Trinajstić information content (AvgIpc) is 2.41. The van der Waals surface area contributed by atoms with Gasteiger partial charge in [-0.15, -0.1) is 0 Å². The largest absolute Gasteiger partial charge is 0.389 e. The van der Waals surface area contributed by atoms with Crippen molar-refractivity contribution in [2.75, 3.05) is 11.4 Å². The minimum absolute atomic E-state index is 0.452. The van der Waals surface area contributed by atoms with Crippen LogP contribution in [0.2, 0.25) is 0 Å². The fourth-order valence-corrected chi connectivity index (χ4v) is 2.68. The zero-order valence-electron chi connectivity index (χ0n) is 12.2. The molecule has 2 nitrogen and oxygen atoms in total. The van der Waals surface area contributed by atoms with Crippen molar-refractivity contribution in [1.29, 1.82) is 0 Å². The van der Waals surface area contributed by atoms with E-state index in [1.54, 1.807) is 0 Å². The Morgan fingerprint density at radius 3 is 2.35 bits per heavy atom. The van der Waals surface area contributed by atoms with Gasteiger partial charge in [0.2, 0.25) is 0 Å². The van der Waals surface area contributed by atoms with E-state index in [1.807, 2.05) is 13.0 Å². The van der Waals surface area contributed by atoms with E-state index in [2.05, 4.69) is 55.1 Å². The van der Waals surface area contributed by atoms with Crippen molar-refractivity contribution >= 4 is 28.6 Å². The highest BCUT2D eigenvalue weighted by Crippen LogP contribution is 2.29. The molecule has 0 aliphatic carbocycles. The predicted molar refractivity (Wildman–Crippen MR) is 90.9 cm³/mol. The third-order valence-corrected chi connectivity index (χ3v) is 3.73. The van der Waals surface area contributed by atoms with Crippen LogP contribution >= 0.6 is 12.2 Å². The maximum absolute atomic E-state index is 5.73. The highest BCUT2D eigenvalue weighted by molar-refractivity contribution is 7.80. The molecule has 2 aromatic carbocycles. The summed E-state index contributed by atoms with van der Waals surface area (Å²) in [5.41, 5.74) is 11.5. The van der Waals surface area contributed by atoms with E-state index in [9.17, 15) is 0 Å². The maximum atomic E-state index is 5.73. The number of hydrogen-bond donors (Lipinski definition) is 1. The van der Waals surface area contributed by atoms with E-state index in [4.69, 9.17) is 18.0 Å². The van der Waals surface area contributed by atoms with Gasteiger partial charge in [0.15, 0.2) is 0 Å². The van der Waals surface area contributed by atoms with Crippen LogP contribution in [0.4, 0.5) is 11.4 Å². The summed E-state index contributed by atoms with van der Waals surface area (Å²) in [6, 6.07) is 14.6. The van der Waals surface area contributed by atoms with Gasteiger partial charge in [0, 0.05) is 23.5 Å². The van der Waals surface area contributed by atoms with E-state index in [-0.39, 0.29) is 0 Å². The van der Waals surface area contributed by atoms with Gasteiger partial charge in [0.1, 0.15) is 4.99 Å². The van der Waals surface area contributed by atoms with E-state index < -0.39 is 0 Å². The number of nitrogens with two attached hydrogens (primary N) is 1. The second kappa shape index (κ2) is 6.06. The molecular formula is C17H20N2S. The van der Waals surface area contributed by atoms with Crippen LogP contribution in [0.25, 0.3) is 0 Å². The van der Waals surface area contributed by atoms with Crippen molar-refractivity contribution in [3.63, 3.8) is 0 Å². The number of anilines is 2. The molecule has 104 valence electrons. The van der Waals surface area contributed by atoms with E-state index in [1.165, 1.54) is 16.9 Å². The second-order valence-electron chi connectivity index (χ2n) is 4.89. The lowest BCUT2D eigenvalue weighted by atomic mass is 10.1. The van der Waals surface area contributed by atoms with Crippen molar-refractivity contribution in [3.05, 3.63) is 59.2 Å².